The van der Waals surface area contributed by atoms with E-state index in [-0.39, 0.29) is 8.07 Å². The van der Waals surface area contributed by atoms with Crippen LogP contribution in [0.5, 0.6) is 0 Å². The zero-order chi connectivity index (χ0) is 42.7. The van der Waals surface area contributed by atoms with E-state index in [1.54, 1.807) is 22.3 Å². The smallest absolute Gasteiger partial charge is 0.0318 e. The Morgan fingerprint density at radius 2 is 0.968 bits per heavy atom. The molecule has 0 spiro atoms. The maximum Gasteiger partial charge on any atom is 0.0318 e. The monoisotopic (exact) mass is 902 g/mol. The Hall–Kier alpha value is -3.04. The van der Waals surface area contributed by atoms with E-state index in [1.165, 1.54) is 62.0 Å². The fraction of sp³-hybridized carbons (Fsp3) is 0.368. The van der Waals surface area contributed by atoms with Crippen LogP contribution < -0.4 is 10.6 Å². The summed E-state index contributed by atoms with van der Waals surface area (Å²) in [6, 6.07) is 71.4. The molecule has 0 aromatic heterocycles. The predicted molar refractivity (Wildman–Crippen MR) is 277 cm³/mol. The Morgan fingerprint density at radius 1 is 0.508 bits per heavy atom. The first-order chi connectivity index (χ1) is 31.1. The summed E-state index contributed by atoms with van der Waals surface area (Å²) in [5, 5.41) is 2.99. The van der Waals surface area contributed by atoms with Gasteiger partial charge in [-0.1, -0.05) is 202 Å². The minimum Gasteiger partial charge on any atom is -0.256 e. The van der Waals surface area contributed by atoms with Gasteiger partial charge in [-0.05, 0) is 132 Å². The highest BCUT2D eigenvalue weighted by atomic mass is 31.2. The highest BCUT2D eigenvalue weighted by Crippen LogP contribution is 2.85. The standard InChI is InChI=1S/C57H66N2P4/c1-4-5-40-58(61(49-32-20-10-21-33-49)50-34-22-11-23-35-50)63-56(47-28-16-8-17-29-47)42-53(57(63)48-30-18-9-19-31-48)52-41-51-37-36-43(2)59(60(51)44(52)3)62-54(45-24-12-6-13-25-45)38-39-55(62)46-26-14-7-15-27-46/h6-35,43-44,51-57H,4-5,36-42H2,1-3H3/t43?,44-,51-,52?,53?,54+,55+,56+,57-,60?,63?/m1/s1. The van der Waals surface area contributed by atoms with Gasteiger partial charge in [0, 0.05) is 43.3 Å². The summed E-state index contributed by atoms with van der Waals surface area (Å²) in [7, 11) is -2.07. The first kappa shape index (κ1) is 43.8. The number of hydrogen-bond donors (Lipinski definition) is 0. The van der Waals surface area contributed by atoms with Crippen LogP contribution in [-0.4, -0.2) is 32.8 Å². The van der Waals surface area contributed by atoms with Crippen molar-refractivity contribution in [3.63, 3.8) is 0 Å². The molecule has 4 saturated heterocycles. The summed E-state index contributed by atoms with van der Waals surface area (Å²) in [5.41, 5.74) is 10.2. The highest BCUT2D eigenvalue weighted by Gasteiger charge is 2.59. The van der Waals surface area contributed by atoms with Gasteiger partial charge in [0.1, 0.15) is 0 Å². The van der Waals surface area contributed by atoms with E-state index < -0.39 is 24.2 Å². The molecule has 0 aliphatic carbocycles. The third-order valence-corrected chi connectivity index (χ3v) is 29.4. The average Bonchev–Trinajstić information content (AvgIpc) is 4.06. The summed E-state index contributed by atoms with van der Waals surface area (Å²) in [6.45, 7) is 8.95. The van der Waals surface area contributed by atoms with Gasteiger partial charge in [0.25, 0.3) is 0 Å². The van der Waals surface area contributed by atoms with Crippen molar-refractivity contribution in [2.75, 3.05) is 6.54 Å². The fourth-order valence-corrected chi connectivity index (χ4v) is 29.6. The second-order valence-corrected chi connectivity index (χ2v) is 29.1. The third-order valence-electron chi connectivity index (χ3n) is 15.1. The topological polar surface area (TPSA) is 6.48 Å². The van der Waals surface area contributed by atoms with Crippen LogP contribution in [0.2, 0.25) is 0 Å². The number of hydrogen-bond acceptors (Lipinski definition) is 2. The lowest BCUT2D eigenvalue weighted by molar-refractivity contribution is 0.307. The molecule has 0 saturated carbocycles. The van der Waals surface area contributed by atoms with Crippen molar-refractivity contribution in [1.29, 1.82) is 0 Å². The van der Waals surface area contributed by atoms with Gasteiger partial charge in [0.05, 0.1) is 0 Å². The Kier molecular flexibility index (Phi) is 14.1. The van der Waals surface area contributed by atoms with Crippen LogP contribution in [0.15, 0.2) is 182 Å². The summed E-state index contributed by atoms with van der Waals surface area (Å²) in [6.07, 6.45) is 10.5. The van der Waals surface area contributed by atoms with Gasteiger partial charge in [0.15, 0.2) is 0 Å². The van der Waals surface area contributed by atoms with Gasteiger partial charge in [-0.3, -0.25) is 8.88 Å². The van der Waals surface area contributed by atoms with Crippen LogP contribution in [0.1, 0.15) is 117 Å². The molecule has 324 valence electrons. The number of unbranched alkanes of at least 4 members (excludes halogenated alkanes) is 1. The van der Waals surface area contributed by atoms with Crippen LogP contribution in [0.25, 0.3) is 0 Å². The average molecular weight is 903 g/mol. The first-order valence-corrected chi connectivity index (χ1v) is 29.7. The van der Waals surface area contributed by atoms with Crippen LogP contribution >= 0.6 is 32.3 Å². The van der Waals surface area contributed by atoms with Crippen molar-refractivity contribution in [2.24, 2.45) is 11.8 Å². The molecule has 63 heavy (non-hydrogen) atoms. The molecular weight excluding hydrogens is 837 g/mol. The molecular formula is C57H66N2P4. The third kappa shape index (κ3) is 8.86. The Bertz CT molecular complexity index is 2230. The van der Waals surface area contributed by atoms with E-state index in [0.717, 1.165) is 12.2 Å². The molecule has 11 atom stereocenters. The van der Waals surface area contributed by atoms with Crippen molar-refractivity contribution in [1.82, 2.24) is 8.88 Å². The second kappa shape index (κ2) is 20.2. The quantitative estimate of drug-likeness (QED) is 0.107. The maximum absolute atomic E-state index is 3.33. The normalized spacial score (nSPS) is 30.0. The lowest BCUT2D eigenvalue weighted by Crippen LogP contribution is -2.35. The molecule has 0 bridgehead atoms. The van der Waals surface area contributed by atoms with Gasteiger partial charge in [-0.2, -0.15) is 0 Å². The molecule has 4 aliphatic rings. The minimum atomic E-state index is -0.740. The molecule has 4 aliphatic heterocycles. The molecule has 6 aromatic rings. The zero-order valence-electron chi connectivity index (χ0n) is 37.6. The van der Waals surface area contributed by atoms with Crippen LogP contribution in [0, 0.1) is 11.8 Å². The zero-order valence-corrected chi connectivity index (χ0v) is 41.1. The summed E-state index contributed by atoms with van der Waals surface area (Å²) < 4.78 is 6.49. The van der Waals surface area contributed by atoms with Crippen molar-refractivity contribution in [3.8, 4) is 0 Å². The van der Waals surface area contributed by atoms with Crippen LogP contribution in [0.4, 0.5) is 0 Å². The van der Waals surface area contributed by atoms with Gasteiger partial charge < -0.3 is 0 Å². The largest absolute Gasteiger partial charge is 0.256 e. The summed E-state index contributed by atoms with van der Waals surface area (Å²) in [5.74, 6) is 1.36. The van der Waals surface area contributed by atoms with Crippen molar-refractivity contribution in [3.05, 3.63) is 204 Å². The number of rotatable bonds is 13. The highest BCUT2D eigenvalue weighted by molar-refractivity contribution is 7.79. The number of benzene rings is 6. The van der Waals surface area contributed by atoms with E-state index in [4.69, 9.17) is 0 Å². The van der Waals surface area contributed by atoms with Crippen LogP contribution in [0.3, 0.4) is 0 Å². The SMILES string of the molecule is CCCCN(P(c1ccccc1)c1ccccc1)P1[C@H](c2ccccc2)C(C2C[C@H]3CCC(C)N(P4[C@H](c5ccccc5)CC[C@H]4c4ccccc4)P3[C@@H]2C)C[C@H]1c1ccccc1. The number of fused-ring (bicyclic) bond motifs is 1. The Balaban J connectivity index is 1.09. The van der Waals surface area contributed by atoms with Crippen LogP contribution in [-0.2, 0) is 0 Å². The van der Waals surface area contributed by atoms with E-state index in [9.17, 15) is 0 Å². The van der Waals surface area contributed by atoms with Crippen molar-refractivity contribution in [2.45, 2.75) is 112 Å². The lowest BCUT2D eigenvalue weighted by atomic mass is 9.78. The van der Waals surface area contributed by atoms with Gasteiger partial charge in [-0.15, -0.1) is 0 Å². The van der Waals surface area contributed by atoms with E-state index >= 15 is 0 Å². The molecule has 6 aromatic carbocycles. The first-order valence-electron chi connectivity index (χ1n) is 24.1. The van der Waals surface area contributed by atoms with Crippen molar-refractivity contribution >= 4 is 42.9 Å². The molecule has 4 fully saturated rings. The molecule has 0 N–H and O–H groups in total. The Labute approximate surface area is 384 Å². The molecule has 0 amide bonds. The predicted octanol–water partition coefficient (Wildman–Crippen LogP) is 16.4. The molecule has 5 unspecified atom stereocenters. The summed E-state index contributed by atoms with van der Waals surface area (Å²) >= 11 is 0. The van der Waals surface area contributed by atoms with Gasteiger partial charge in [0.2, 0.25) is 0 Å². The molecule has 4 heterocycles. The molecule has 0 radical (unpaired) electrons. The minimum absolute atomic E-state index is 0.304. The lowest BCUT2D eigenvalue weighted by Gasteiger charge is -2.51. The fourth-order valence-electron chi connectivity index (χ4n) is 12.3. The Morgan fingerprint density at radius 3 is 1.46 bits per heavy atom. The molecule has 6 heteroatoms. The van der Waals surface area contributed by atoms with Crippen molar-refractivity contribution < 1.29 is 0 Å². The molecule has 2 nitrogen and oxygen atoms in total. The van der Waals surface area contributed by atoms with E-state index in [0.29, 0.717) is 46.2 Å². The van der Waals surface area contributed by atoms with Gasteiger partial charge >= 0.3 is 0 Å². The second-order valence-electron chi connectivity index (χ2n) is 18.7. The van der Waals surface area contributed by atoms with E-state index in [1.807, 2.05) is 0 Å². The molecule has 10 rings (SSSR count). The van der Waals surface area contributed by atoms with Gasteiger partial charge in [-0.25, -0.2) is 0 Å². The summed E-state index contributed by atoms with van der Waals surface area (Å²) in [4.78, 5) is 0. The van der Waals surface area contributed by atoms with E-state index in [2.05, 4.69) is 212 Å². The number of nitrogens with zero attached hydrogens (tertiary/aromatic N) is 2. The maximum atomic E-state index is 3.33.